The second kappa shape index (κ2) is 10.1. The molecule has 1 heterocycles. The van der Waals surface area contributed by atoms with Crippen LogP contribution in [0.5, 0.6) is 5.75 Å². The second-order valence-electron chi connectivity index (χ2n) is 6.50. The highest BCUT2D eigenvalue weighted by Crippen LogP contribution is 2.19. The van der Waals surface area contributed by atoms with Crippen molar-refractivity contribution in [1.82, 2.24) is 4.57 Å². The number of nitrogens with one attached hydrogen (secondary N) is 1. The van der Waals surface area contributed by atoms with E-state index in [4.69, 9.17) is 9.47 Å². The molecule has 0 unspecified atom stereocenters. The van der Waals surface area contributed by atoms with Crippen molar-refractivity contribution in [2.24, 2.45) is 0 Å². The third kappa shape index (κ3) is 5.72. The van der Waals surface area contributed by atoms with Gasteiger partial charge in [-0.25, -0.2) is 4.79 Å². The van der Waals surface area contributed by atoms with Gasteiger partial charge < -0.3 is 19.4 Å². The summed E-state index contributed by atoms with van der Waals surface area (Å²) in [7, 11) is 1.53. The molecule has 0 aliphatic carbocycles. The fourth-order valence-corrected chi connectivity index (χ4v) is 2.94. The Kier molecular flexibility index (Phi) is 7.61. The first-order valence-electron chi connectivity index (χ1n) is 9.29. The molecule has 0 bridgehead atoms. The van der Waals surface area contributed by atoms with Crippen molar-refractivity contribution < 1.29 is 19.1 Å². The molecule has 0 aliphatic rings. The lowest BCUT2D eigenvalue weighted by Gasteiger charge is -2.08. The number of rotatable bonds is 8. The summed E-state index contributed by atoms with van der Waals surface area (Å²) in [6, 6.07) is 10.6. The molecule has 7 nitrogen and oxygen atoms in total. The number of hydrogen-bond acceptors (Lipinski definition) is 5. The third-order valence-electron chi connectivity index (χ3n) is 4.39. The van der Waals surface area contributed by atoms with Crippen molar-refractivity contribution in [2.45, 2.75) is 33.7 Å². The average Bonchev–Trinajstić information content (AvgIpc) is 2.98. The molecule has 0 saturated heterocycles. The number of hydrogen-bond donors (Lipinski definition) is 1. The maximum Gasteiger partial charge on any atom is 0.349 e. The Hall–Kier alpha value is -3.53. The Bertz CT molecular complexity index is 967. The van der Waals surface area contributed by atoms with Gasteiger partial charge >= 0.3 is 5.97 Å². The fraction of sp³-hybridized carbons (Fsp3) is 0.318. The number of amides is 1. The van der Waals surface area contributed by atoms with Gasteiger partial charge in [0.15, 0.2) is 6.61 Å². The van der Waals surface area contributed by atoms with Gasteiger partial charge in [0, 0.05) is 29.7 Å². The normalized spacial score (nSPS) is 10.9. The molecule has 1 aromatic heterocycles. The highest BCUT2D eigenvalue weighted by Gasteiger charge is 2.15. The minimum atomic E-state index is -0.839. The summed E-state index contributed by atoms with van der Waals surface area (Å²) < 4.78 is 12.2. The zero-order valence-electron chi connectivity index (χ0n) is 17.1. The molecule has 152 valence electrons. The van der Waals surface area contributed by atoms with Crippen molar-refractivity contribution in [3.8, 4) is 11.8 Å². The highest BCUT2D eigenvalue weighted by molar-refractivity contribution is 6.00. The molecule has 0 atom stereocenters. The number of anilines is 1. The zero-order chi connectivity index (χ0) is 21.4. The van der Waals surface area contributed by atoms with Gasteiger partial charge in [-0.05, 0) is 50.1 Å². The van der Waals surface area contributed by atoms with Gasteiger partial charge in [-0.1, -0.05) is 13.0 Å². The summed E-state index contributed by atoms with van der Waals surface area (Å²) in [6.45, 7) is 6.37. The number of aryl methyl sites for hydroxylation is 1. The Labute approximate surface area is 170 Å². The molecule has 1 aromatic carbocycles. The molecule has 0 saturated carbocycles. The summed E-state index contributed by atoms with van der Waals surface area (Å²) in [6.07, 6.45) is 2.48. The third-order valence-corrected chi connectivity index (χ3v) is 4.39. The molecule has 7 heteroatoms. The van der Waals surface area contributed by atoms with Crippen molar-refractivity contribution in [3.05, 3.63) is 52.9 Å². The van der Waals surface area contributed by atoms with E-state index in [9.17, 15) is 14.9 Å². The van der Waals surface area contributed by atoms with Gasteiger partial charge in [0.2, 0.25) is 0 Å². The molecule has 1 N–H and O–H groups in total. The van der Waals surface area contributed by atoms with E-state index < -0.39 is 18.5 Å². The molecule has 1 amide bonds. The number of ether oxygens (including phenoxy) is 2. The minimum Gasteiger partial charge on any atom is -0.497 e. The number of carbonyl (C=O) groups excluding carboxylic acids is 2. The summed E-state index contributed by atoms with van der Waals surface area (Å²) in [5.74, 6) is -0.756. The van der Waals surface area contributed by atoms with E-state index in [-0.39, 0.29) is 5.57 Å². The first kappa shape index (κ1) is 21.8. The van der Waals surface area contributed by atoms with Crippen LogP contribution in [-0.4, -0.2) is 30.2 Å². The van der Waals surface area contributed by atoms with Crippen LogP contribution in [0.15, 0.2) is 35.9 Å². The predicted octanol–water partition coefficient (Wildman–Crippen LogP) is 3.61. The van der Waals surface area contributed by atoms with Crippen LogP contribution in [-0.2, 0) is 20.9 Å². The molecule has 0 aliphatic heterocycles. The number of nitrogens with zero attached hydrogens (tertiary/aromatic N) is 2. The number of esters is 1. The van der Waals surface area contributed by atoms with Crippen LogP contribution >= 0.6 is 0 Å². The standard InChI is InChI=1S/C22H25N3O4/c1-5-9-25-15(2)10-17(16(25)3)11-18(13-23)22(27)29-14-21(26)24-19-7-6-8-20(12-19)28-4/h6-8,10-12H,5,9,14H2,1-4H3,(H,24,26). The van der Waals surface area contributed by atoms with Gasteiger partial charge in [-0.15, -0.1) is 0 Å². The Morgan fingerprint density at radius 2 is 2.03 bits per heavy atom. The monoisotopic (exact) mass is 395 g/mol. The number of nitriles is 1. The molecular weight excluding hydrogens is 370 g/mol. The SMILES string of the molecule is CCCn1c(C)cc(C=C(C#N)C(=O)OCC(=O)Nc2cccc(OC)c2)c1C. The van der Waals surface area contributed by atoms with E-state index in [0.29, 0.717) is 11.4 Å². The number of methoxy groups -OCH3 is 1. The van der Waals surface area contributed by atoms with Crippen LogP contribution in [0.1, 0.15) is 30.3 Å². The quantitative estimate of drug-likeness (QED) is 0.419. The Balaban J connectivity index is 2.03. The summed E-state index contributed by atoms with van der Waals surface area (Å²) in [4.78, 5) is 24.3. The van der Waals surface area contributed by atoms with Crippen LogP contribution in [0, 0.1) is 25.2 Å². The van der Waals surface area contributed by atoms with E-state index in [1.165, 1.54) is 13.2 Å². The second-order valence-corrected chi connectivity index (χ2v) is 6.50. The van der Waals surface area contributed by atoms with Crippen LogP contribution in [0.25, 0.3) is 6.08 Å². The molecule has 0 radical (unpaired) electrons. The van der Waals surface area contributed by atoms with Crippen molar-refractivity contribution >= 4 is 23.6 Å². The maximum atomic E-state index is 12.2. The Morgan fingerprint density at radius 1 is 1.28 bits per heavy atom. The lowest BCUT2D eigenvalue weighted by atomic mass is 10.1. The largest absolute Gasteiger partial charge is 0.497 e. The molecule has 29 heavy (non-hydrogen) atoms. The molecule has 2 rings (SSSR count). The molecule has 0 fully saturated rings. The van der Waals surface area contributed by atoms with Crippen LogP contribution in [0.4, 0.5) is 5.69 Å². The number of aromatic nitrogens is 1. The van der Waals surface area contributed by atoms with Crippen molar-refractivity contribution in [3.63, 3.8) is 0 Å². The predicted molar refractivity (Wildman–Crippen MR) is 110 cm³/mol. The summed E-state index contributed by atoms with van der Waals surface area (Å²) in [5, 5.41) is 12.0. The molecular formula is C22H25N3O4. The van der Waals surface area contributed by atoms with E-state index in [2.05, 4.69) is 16.8 Å². The van der Waals surface area contributed by atoms with Crippen LogP contribution in [0.3, 0.4) is 0 Å². The number of carbonyl (C=O) groups is 2. The topological polar surface area (TPSA) is 93.4 Å². The number of benzene rings is 1. The Morgan fingerprint density at radius 3 is 2.69 bits per heavy atom. The molecule has 0 spiro atoms. The zero-order valence-corrected chi connectivity index (χ0v) is 17.1. The highest BCUT2D eigenvalue weighted by atomic mass is 16.5. The molecule has 2 aromatic rings. The van der Waals surface area contributed by atoms with E-state index in [1.54, 1.807) is 24.3 Å². The lowest BCUT2D eigenvalue weighted by Crippen LogP contribution is -2.21. The van der Waals surface area contributed by atoms with Crippen molar-refractivity contribution in [1.29, 1.82) is 5.26 Å². The lowest BCUT2D eigenvalue weighted by molar-refractivity contribution is -0.142. The minimum absolute atomic E-state index is 0.157. The van der Waals surface area contributed by atoms with Gasteiger partial charge in [0.1, 0.15) is 17.4 Å². The fourth-order valence-electron chi connectivity index (χ4n) is 2.94. The first-order valence-corrected chi connectivity index (χ1v) is 9.29. The van der Waals surface area contributed by atoms with E-state index in [0.717, 1.165) is 29.9 Å². The van der Waals surface area contributed by atoms with Crippen LogP contribution in [0.2, 0.25) is 0 Å². The summed E-state index contributed by atoms with van der Waals surface area (Å²) in [5.41, 5.74) is 3.17. The summed E-state index contributed by atoms with van der Waals surface area (Å²) >= 11 is 0. The first-order chi connectivity index (χ1) is 13.9. The van der Waals surface area contributed by atoms with E-state index >= 15 is 0 Å². The maximum absolute atomic E-state index is 12.2. The van der Waals surface area contributed by atoms with Gasteiger partial charge in [-0.3, -0.25) is 4.79 Å². The van der Waals surface area contributed by atoms with Crippen molar-refractivity contribution in [2.75, 3.05) is 19.0 Å². The smallest absolute Gasteiger partial charge is 0.349 e. The van der Waals surface area contributed by atoms with Gasteiger partial charge in [0.05, 0.1) is 7.11 Å². The van der Waals surface area contributed by atoms with Crippen LogP contribution < -0.4 is 10.1 Å². The van der Waals surface area contributed by atoms with Gasteiger partial charge in [0.25, 0.3) is 5.91 Å². The average molecular weight is 395 g/mol. The van der Waals surface area contributed by atoms with E-state index in [1.807, 2.05) is 26.0 Å². The van der Waals surface area contributed by atoms with Gasteiger partial charge in [-0.2, -0.15) is 5.26 Å².